The molecule has 1 N–H and O–H groups in total. The number of nitrogens with zero attached hydrogens (tertiary/aromatic N) is 2. The number of benzene rings is 3. The van der Waals surface area contributed by atoms with Crippen molar-refractivity contribution in [2.24, 2.45) is 0 Å². The summed E-state index contributed by atoms with van der Waals surface area (Å²) in [5.41, 5.74) is 5.19. The first-order valence-electron chi connectivity index (χ1n) is 10.1. The molecule has 0 atom stereocenters. The number of ether oxygens (including phenoxy) is 1. The fraction of sp³-hybridized carbons (Fsp3) is 0.200. The van der Waals surface area contributed by atoms with E-state index in [4.69, 9.17) is 9.72 Å². The second-order valence-electron chi connectivity index (χ2n) is 7.27. The maximum absolute atomic E-state index is 12.5. The van der Waals surface area contributed by atoms with Gasteiger partial charge in [0.1, 0.15) is 11.6 Å². The van der Waals surface area contributed by atoms with Gasteiger partial charge >= 0.3 is 0 Å². The Kier molecular flexibility index (Phi) is 5.80. The number of methoxy groups -OCH3 is 1. The van der Waals surface area contributed by atoms with Gasteiger partial charge in [0.15, 0.2) is 0 Å². The number of carbonyl (C=O) groups is 1. The monoisotopic (exact) mass is 399 g/mol. The van der Waals surface area contributed by atoms with Crippen molar-refractivity contribution in [3.63, 3.8) is 0 Å². The fourth-order valence-electron chi connectivity index (χ4n) is 3.60. The van der Waals surface area contributed by atoms with Gasteiger partial charge < -0.3 is 14.6 Å². The molecule has 3 aromatic carbocycles. The van der Waals surface area contributed by atoms with Crippen LogP contribution in [-0.4, -0.2) is 29.1 Å². The third-order valence-electron chi connectivity index (χ3n) is 5.29. The minimum Gasteiger partial charge on any atom is -0.497 e. The highest BCUT2D eigenvalue weighted by Crippen LogP contribution is 2.20. The standard InChI is InChI=1S/C25H25N3O2/c1-18-8-3-4-9-20(18)17-28-23-13-6-5-12-22(23)27-24(28)14-15-26-25(29)19-10-7-11-21(16-19)30-2/h3-13,16H,14-15,17H2,1-2H3,(H,26,29). The Hall–Kier alpha value is -3.60. The van der Waals surface area contributed by atoms with Gasteiger partial charge in [-0.25, -0.2) is 4.98 Å². The normalized spacial score (nSPS) is 10.9. The number of amides is 1. The van der Waals surface area contributed by atoms with Crippen LogP contribution in [0, 0.1) is 6.92 Å². The number of imidazole rings is 1. The maximum Gasteiger partial charge on any atom is 0.251 e. The van der Waals surface area contributed by atoms with Gasteiger partial charge in [-0.1, -0.05) is 42.5 Å². The maximum atomic E-state index is 12.5. The average molecular weight is 399 g/mol. The second-order valence-corrected chi connectivity index (χ2v) is 7.27. The Morgan fingerprint density at radius 3 is 2.67 bits per heavy atom. The van der Waals surface area contributed by atoms with Crippen LogP contribution in [0.2, 0.25) is 0 Å². The molecule has 0 aliphatic carbocycles. The van der Waals surface area contributed by atoms with E-state index in [0.29, 0.717) is 24.3 Å². The van der Waals surface area contributed by atoms with Crippen molar-refractivity contribution in [3.05, 3.63) is 95.3 Å². The molecule has 0 aliphatic rings. The molecule has 0 saturated heterocycles. The molecule has 1 amide bonds. The molecule has 4 rings (SSSR count). The van der Waals surface area contributed by atoms with Gasteiger partial charge in [-0.3, -0.25) is 4.79 Å². The lowest BCUT2D eigenvalue weighted by Gasteiger charge is -2.12. The predicted octanol–water partition coefficient (Wildman–Crippen LogP) is 4.37. The first kappa shape index (κ1) is 19.7. The van der Waals surface area contributed by atoms with Crippen LogP contribution in [0.15, 0.2) is 72.8 Å². The third kappa shape index (κ3) is 4.20. The van der Waals surface area contributed by atoms with Crippen molar-refractivity contribution in [1.29, 1.82) is 0 Å². The van der Waals surface area contributed by atoms with Gasteiger partial charge in [0.2, 0.25) is 0 Å². The predicted molar refractivity (Wildman–Crippen MR) is 119 cm³/mol. The van der Waals surface area contributed by atoms with Gasteiger partial charge in [0, 0.05) is 25.1 Å². The van der Waals surface area contributed by atoms with Crippen LogP contribution in [0.3, 0.4) is 0 Å². The van der Waals surface area contributed by atoms with Gasteiger partial charge in [0.05, 0.1) is 18.1 Å². The lowest BCUT2D eigenvalue weighted by atomic mass is 10.1. The number of hydrogen-bond donors (Lipinski definition) is 1. The van der Waals surface area contributed by atoms with E-state index in [1.165, 1.54) is 11.1 Å². The number of fused-ring (bicyclic) bond motifs is 1. The van der Waals surface area contributed by atoms with E-state index in [1.54, 1.807) is 19.2 Å². The van der Waals surface area contributed by atoms with Crippen LogP contribution in [0.1, 0.15) is 27.3 Å². The molecule has 30 heavy (non-hydrogen) atoms. The van der Waals surface area contributed by atoms with E-state index >= 15 is 0 Å². The van der Waals surface area contributed by atoms with E-state index in [0.717, 1.165) is 23.4 Å². The average Bonchev–Trinajstić information content (AvgIpc) is 3.12. The molecule has 0 unspecified atom stereocenters. The molecular formula is C25H25N3O2. The minimum absolute atomic E-state index is 0.115. The zero-order chi connectivity index (χ0) is 20.9. The van der Waals surface area contributed by atoms with Crippen molar-refractivity contribution in [2.75, 3.05) is 13.7 Å². The summed E-state index contributed by atoms with van der Waals surface area (Å²) in [5, 5.41) is 3.00. The summed E-state index contributed by atoms with van der Waals surface area (Å²) < 4.78 is 7.45. The summed E-state index contributed by atoms with van der Waals surface area (Å²) in [4.78, 5) is 17.3. The molecule has 4 aromatic rings. The molecule has 0 bridgehead atoms. The summed E-state index contributed by atoms with van der Waals surface area (Å²) in [6, 6.07) is 23.7. The van der Waals surface area contributed by atoms with Crippen molar-refractivity contribution < 1.29 is 9.53 Å². The van der Waals surface area contributed by atoms with Crippen LogP contribution in [-0.2, 0) is 13.0 Å². The Balaban J connectivity index is 1.52. The number of carbonyl (C=O) groups excluding carboxylic acids is 1. The number of aryl methyl sites for hydroxylation is 1. The highest BCUT2D eigenvalue weighted by Gasteiger charge is 2.13. The lowest BCUT2D eigenvalue weighted by Crippen LogP contribution is -2.26. The number of rotatable bonds is 7. The summed E-state index contributed by atoms with van der Waals surface area (Å²) in [6.45, 7) is 3.39. The van der Waals surface area contributed by atoms with Gasteiger partial charge in [-0.05, 0) is 48.4 Å². The number of aromatic nitrogens is 2. The Morgan fingerprint density at radius 1 is 1.03 bits per heavy atom. The molecule has 0 saturated carbocycles. The van der Waals surface area contributed by atoms with E-state index in [1.807, 2.05) is 30.3 Å². The quantitative estimate of drug-likeness (QED) is 0.502. The first-order chi connectivity index (χ1) is 14.7. The SMILES string of the molecule is COc1cccc(C(=O)NCCc2nc3ccccc3n2Cc2ccccc2C)c1. The molecule has 0 aliphatic heterocycles. The third-order valence-corrected chi connectivity index (χ3v) is 5.29. The van der Waals surface area contributed by atoms with E-state index in [2.05, 4.69) is 47.1 Å². The van der Waals surface area contributed by atoms with Crippen molar-refractivity contribution in [1.82, 2.24) is 14.9 Å². The zero-order valence-corrected chi connectivity index (χ0v) is 17.3. The van der Waals surface area contributed by atoms with E-state index in [-0.39, 0.29) is 5.91 Å². The van der Waals surface area contributed by atoms with E-state index < -0.39 is 0 Å². The molecule has 0 fully saturated rings. The van der Waals surface area contributed by atoms with Crippen molar-refractivity contribution in [2.45, 2.75) is 19.9 Å². The van der Waals surface area contributed by atoms with Crippen LogP contribution < -0.4 is 10.1 Å². The van der Waals surface area contributed by atoms with Gasteiger partial charge in [-0.2, -0.15) is 0 Å². The molecule has 152 valence electrons. The number of nitrogens with one attached hydrogen (secondary N) is 1. The second kappa shape index (κ2) is 8.82. The summed E-state index contributed by atoms with van der Waals surface area (Å²) in [5.74, 6) is 1.52. The Morgan fingerprint density at radius 2 is 1.83 bits per heavy atom. The van der Waals surface area contributed by atoms with E-state index in [9.17, 15) is 4.79 Å². The number of hydrogen-bond acceptors (Lipinski definition) is 3. The molecule has 0 spiro atoms. The van der Waals surface area contributed by atoms with Crippen LogP contribution in [0.25, 0.3) is 11.0 Å². The lowest BCUT2D eigenvalue weighted by molar-refractivity contribution is 0.0953. The highest BCUT2D eigenvalue weighted by atomic mass is 16.5. The Labute approximate surface area is 176 Å². The fourth-order valence-corrected chi connectivity index (χ4v) is 3.60. The van der Waals surface area contributed by atoms with Gasteiger partial charge in [0.25, 0.3) is 5.91 Å². The Bertz CT molecular complexity index is 1180. The minimum atomic E-state index is -0.115. The first-order valence-corrected chi connectivity index (χ1v) is 10.1. The van der Waals surface area contributed by atoms with Crippen molar-refractivity contribution >= 4 is 16.9 Å². The molecule has 1 aromatic heterocycles. The molecule has 0 radical (unpaired) electrons. The topological polar surface area (TPSA) is 56.1 Å². The van der Waals surface area contributed by atoms with Crippen molar-refractivity contribution in [3.8, 4) is 5.75 Å². The molecule has 5 heteroatoms. The van der Waals surface area contributed by atoms with Gasteiger partial charge in [-0.15, -0.1) is 0 Å². The highest BCUT2D eigenvalue weighted by molar-refractivity contribution is 5.94. The van der Waals surface area contributed by atoms with Crippen LogP contribution >= 0.6 is 0 Å². The smallest absolute Gasteiger partial charge is 0.251 e. The largest absolute Gasteiger partial charge is 0.497 e. The zero-order valence-electron chi connectivity index (χ0n) is 17.3. The molecule has 1 heterocycles. The summed E-state index contributed by atoms with van der Waals surface area (Å²) in [7, 11) is 1.59. The summed E-state index contributed by atoms with van der Waals surface area (Å²) in [6.07, 6.45) is 0.649. The molecular weight excluding hydrogens is 374 g/mol. The summed E-state index contributed by atoms with van der Waals surface area (Å²) >= 11 is 0. The number of para-hydroxylation sites is 2. The molecule has 5 nitrogen and oxygen atoms in total. The van der Waals surface area contributed by atoms with Crippen LogP contribution in [0.4, 0.5) is 0 Å². The van der Waals surface area contributed by atoms with Crippen LogP contribution in [0.5, 0.6) is 5.75 Å².